The van der Waals surface area contributed by atoms with E-state index in [9.17, 15) is 27.9 Å². The van der Waals surface area contributed by atoms with Crippen LogP contribution in [-0.4, -0.2) is 133 Å². The van der Waals surface area contributed by atoms with Gasteiger partial charge in [0.05, 0.1) is 0 Å². The normalized spacial score (nSPS) is 20.9. The van der Waals surface area contributed by atoms with E-state index in [0.29, 0.717) is 82.9 Å². The van der Waals surface area contributed by atoms with Crippen molar-refractivity contribution in [1.29, 1.82) is 0 Å². The summed E-state index contributed by atoms with van der Waals surface area (Å²) in [4.78, 5) is 48.3. The lowest BCUT2D eigenvalue weighted by Gasteiger charge is -2.42. The fourth-order valence-corrected chi connectivity index (χ4v) is 8.50. The lowest BCUT2D eigenvalue weighted by molar-refractivity contribution is -0.142. The van der Waals surface area contributed by atoms with E-state index in [0.717, 1.165) is 36.1 Å². The number of piperazine rings is 1. The molecule has 1 unspecified atom stereocenters. The Hall–Kier alpha value is -3.92. The summed E-state index contributed by atoms with van der Waals surface area (Å²) in [5.41, 5.74) is 4.10. The Kier molecular flexibility index (Phi) is 10.9. The minimum Gasteiger partial charge on any atom is -0.507 e. The Bertz CT molecular complexity index is 1660. The molecule has 15 heteroatoms. The monoisotopic (exact) mass is 711 g/mol. The second-order valence-corrected chi connectivity index (χ2v) is 15.5. The topological polar surface area (TPSA) is 169 Å². The summed E-state index contributed by atoms with van der Waals surface area (Å²) in [6.07, 6.45) is 1.98. The molecule has 0 radical (unpaired) electrons. The van der Waals surface area contributed by atoms with Crippen molar-refractivity contribution in [3.63, 3.8) is 0 Å². The average Bonchev–Trinajstić information content (AvgIpc) is 3.27. The molecule has 3 saturated heterocycles. The Morgan fingerprint density at radius 2 is 1.50 bits per heavy atom. The molecule has 4 heterocycles. The second-order valence-electron chi connectivity index (χ2n) is 13.9. The summed E-state index contributed by atoms with van der Waals surface area (Å²) < 4.78 is 30.8. The van der Waals surface area contributed by atoms with Crippen molar-refractivity contribution in [2.45, 2.75) is 70.6 Å². The zero-order chi connectivity index (χ0) is 35.6. The van der Waals surface area contributed by atoms with Crippen LogP contribution in [-0.2, 0) is 32.6 Å². The third-order valence-corrected chi connectivity index (χ3v) is 11.8. The minimum absolute atomic E-state index is 0.0160. The Balaban J connectivity index is 1.07. The molecule has 6 rings (SSSR count). The largest absolute Gasteiger partial charge is 0.507 e. The van der Waals surface area contributed by atoms with Crippen molar-refractivity contribution in [3.05, 3.63) is 58.7 Å². The molecule has 4 aliphatic rings. The predicted molar refractivity (Wildman–Crippen MR) is 188 cm³/mol. The molecule has 0 aliphatic carbocycles. The number of para-hydroxylation sites is 1. The maximum Gasteiger partial charge on any atom is 0.410 e. The molecular weight excluding hydrogens is 662 g/mol. The van der Waals surface area contributed by atoms with E-state index in [-0.39, 0.29) is 36.2 Å². The Morgan fingerprint density at radius 1 is 0.900 bits per heavy atom. The van der Waals surface area contributed by atoms with Crippen molar-refractivity contribution >= 4 is 33.9 Å². The van der Waals surface area contributed by atoms with Crippen LogP contribution in [0, 0.1) is 13.8 Å². The van der Waals surface area contributed by atoms with Crippen LogP contribution in [0.4, 0.5) is 15.3 Å². The molecule has 4 N–H and O–H groups in total. The van der Waals surface area contributed by atoms with Crippen LogP contribution in [0.1, 0.15) is 47.9 Å². The molecule has 4 aliphatic heterocycles. The van der Waals surface area contributed by atoms with E-state index in [4.69, 9.17) is 9.88 Å². The Morgan fingerprint density at radius 3 is 2.14 bits per heavy atom. The van der Waals surface area contributed by atoms with Gasteiger partial charge in [-0.2, -0.15) is 12.7 Å². The summed E-state index contributed by atoms with van der Waals surface area (Å²) in [7, 11) is -3.71. The van der Waals surface area contributed by atoms with Crippen LogP contribution in [0.3, 0.4) is 0 Å². The van der Waals surface area contributed by atoms with E-state index in [1.54, 1.807) is 23.6 Å². The van der Waals surface area contributed by atoms with Gasteiger partial charge in [-0.05, 0) is 74.3 Å². The highest BCUT2D eigenvalue weighted by Crippen LogP contribution is 2.28. The molecule has 2 aromatic rings. The minimum atomic E-state index is -3.71. The number of urea groups is 1. The number of anilines is 1. The summed E-state index contributed by atoms with van der Waals surface area (Å²) >= 11 is 0. The first-order valence-corrected chi connectivity index (χ1v) is 19.1. The third kappa shape index (κ3) is 8.17. The molecule has 4 amide bonds. The average molecular weight is 712 g/mol. The summed E-state index contributed by atoms with van der Waals surface area (Å²) in [5, 5.41) is 18.7. The molecule has 3 fully saturated rings. The molecule has 0 spiro atoms. The fraction of sp³-hybridized carbons (Fsp3) is 0.571. The van der Waals surface area contributed by atoms with Gasteiger partial charge in [0.2, 0.25) is 0 Å². The highest BCUT2D eigenvalue weighted by atomic mass is 32.2. The van der Waals surface area contributed by atoms with Gasteiger partial charge < -0.3 is 29.9 Å². The number of fused-ring (bicyclic) bond motifs is 1. The molecule has 1 atom stereocenters. The van der Waals surface area contributed by atoms with Gasteiger partial charge in [-0.25, -0.2) is 14.7 Å². The molecule has 272 valence electrons. The number of hydrogen-bond donors (Lipinski definition) is 3. The number of phenols is 1. The number of nitrogens with one attached hydrogen (secondary N) is 1. The quantitative estimate of drug-likeness (QED) is 0.394. The van der Waals surface area contributed by atoms with E-state index < -0.39 is 22.4 Å². The van der Waals surface area contributed by atoms with E-state index in [1.807, 2.05) is 41.3 Å². The number of aryl methyl sites for hydroxylation is 2. The number of nitrogens with two attached hydrogens (primary N) is 1. The van der Waals surface area contributed by atoms with Crippen LogP contribution < -0.4 is 10.5 Å². The second kappa shape index (κ2) is 15.1. The lowest BCUT2D eigenvalue weighted by Crippen LogP contribution is -2.56. The number of aromatic hydroxyl groups is 1. The van der Waals surface area contributed by atoms with Gasteiger partial charge >= 0.3 is 12.1 Å². The number of ether oxygens (including phenoxy) is 1. The number of hydrogen-bond acceptors (Lipinski definition) is 8. The highest BCUT2D eigenvalue weighted by molar-refractivity contribution is 7.86. The van der Waals surface area contributed by atoms with E-state index in [2.05, 4.69) is 10.2 Å². The molecule has 0 aromatic heterocycles. The first kappa shape index (κ1) is 35.9. The van der Waals surface area contributed by atoms with Crippen LogP contribution in [0.15, 0.2) is 36.4 Å². The van der Waals surface area contributed by atoms with Gasteiger partial charge in [-0.3, -0.25) is 9.69 Å². The molecule has 14 nitrogen and oxygen atoms in total. The molecule has 0 bridgehead atoms. The summed E-state index contributed by atoms with van der Waals surface area (Å²) in [6.45, 7) is 7.86. The number of carbonyl (C=O) groups excluding carboxylic acids is 3. The fourth-order valence-electron chi connectivity index (χ4n) is 7.83. The third-order valence-electron chi connectivity index (χ3n) is 10.7. The number of rotatable bonds is 7. The summed E-state index contributed by atoms with van der Waals surface area (Å²) in [6, 6.07) is 11.5. The first-order valence-electron chi connectivity index (χ1n) is 17.6. The summed E-state index contributed by atoms with van der Waals surface area (Å²) in [5.74, 6) is -0.0552. The first-order chi connectivity index (χ1) is 23.9. The maximum absolute atomic E-state index is 14.0. The van der Waals surface area contributed by atoms with E-state index in [1.165, 1.54) is 4.31 Å². The van der Waals surface area contributed by atoms with Crippen molar-refractivity contribution in [2.75, 3.05) is 64.2 Å². The highest BCUT2D eigenvalue weighted by Gasteiger charge is 2.37. The van der Waals surface area contributed by atoms with Crippen LogP contribution in [0.25, 0.3) is 0 Å². The van der Waals surface area contributed by atoms with Crippen molar-refractivity contribution < 1.29 is 32.6 Å². The van der Waals surface area contributed by atoms with Gasteiger partial charge in [0, 0.05) is 83.1 Å². The number of piperidine rings is 2. The van der Waals surface area contributed by atoms with Crippen LogP contribution in [0.2, 0.25) is 0 Å². The number of carbonyl (C=O) groups is 3. The van der Waals surface area contributed by atoms with Crippen molar-refractivity contribution in [3.8, 4) is 5.75 Å². The maximum atomic E-state index is 14.0. The van der Waals surface area contributed by atoms with Crippen molar-refractivity contribution in [2.24, 2.45) is 5.14 Å². The molecule has 50 heavy (non-hydrogen) atoms. The van der Waals surface area contributed by atoms with E-state index >= 15 is 0 Å². The van der Waals surface area contributed by atoms with Gasteiger partial charge in [0.15, 0.2) is 6.10 Å². The van der Waals surface area contributed by atoms with Gasteiger partial charge in [-0.1, -0.05) is 30.3 Å². The zero-order valence-electron chi connectivity index (χ0n) is 28.9. The number of nitrogens with zero attached hydrogens (tertiary/aromatic N) is 5. The number of phenolic OH excluding ortho intramolecular Hbond substituents is 1. The molecule has 0 saturated carbocycles. The smallest absolute Gasteiger partial charge is 0.410 e. The zero-order valence-corrected chi connectivity index (χ0v) is 29.7. The van der Waals surface area contributed by atoms with Crippen LogP contribution >= 0.6 is 0 Å². The van der Waals surface area contributed by atoms with Gasteiger partial charge in [0.25, 0.3) is 16.1 Å². The molecule has 2 aromatic carbocycles. The number of benzene rings is 2. The van der Waals surface area contributed by atoms with Crippen molar-refractivity contribution in [1.82, 2.24) is 23.9 Å². The predicted octanol–water partition coefficient (Wildman–Crippen LogP) is 2.42. The van der Waals surface area contributed by atoms with Gasteiger partial charge in [-0.15, -0.1) is 0 Å². The lowest BCUT2D eigenvalue weighted by atomic mass is 9.98. The molecular formula is C35H49N7O7S. The van der Waals surface area contributed by atoms with Gasteiger partial charge in [0.1, 0.15) is 5.75 Å². The number of amides is 4. The van der Waals surface area contributed by atoms with Crippen LogP contribution in [0.5, 0.6) is 5.75 Å². The standard InChI is InChI=1S/C35H49N7O7S/c1-24-21-26(22-25(2)32(24)43)23-31(33(44)39-12-8-28(9-13-39)38-17-19-41(20-18-38)50(36,47)48)49-35(46)40-14-10-29(11-15-40)42-16-7-27-5-3-4-6-30(27)37-34(42)45/h3-6,21-22,28-29,31,43H,7-20,23H2,1-2H3,(H,37,45)(H2,36,47,48). The number of likely N-dealkylation sites (tertiary alicyclic amines) is 2. The Labute approximate surface area is 294 Å². The SMILES string of the molecule is Cc1cc(CC(OC(=O)N2CCC(N3CCc4ccccc4NC3=O)CC2)C(=O)N2CCC(N3CCN(S(N)(=O)=O)CC3)CC2)cc(C)c1O.